The van der Waals surface area contributed by atoms with Crippen LogP contribution in [0, 0.1) is 0 Å². The molecule has 2 N–H and O–H groups in total. The molecule has 0 atom stereocenters. The predicted octanol–water partition coefficient (Wildman–Crippen LogP) is 4.11. The molecule has 4 heterocycles. The van der Waals surface area contributed by atoms with Crippen molar-refractivity contribution in [2.75, 3.05) is 25.5 Å². The normalized spacial score (nSPS) is 15.3. The maximum Gasteiger partial charge on any atom is 0.245 e. The number of nitrogens with zero attached hydrogens (tertiary/aromatic N) is 5. The van der Waals surface area contributed by atoms with Crippen molar-refractivity contribution in [3.05, 3.63) is 66.5 Å². The molecule has 1 aromatic carbocycles. The van der Waals surface area contributed by atoms with Crippen molar-refractivity contribution in [3.63, 3.8) is 0 Å². The molecular formula is C23H24N6O2. The SMILES string of the molecule is COc1ccc(-c2ccc3cnc(Nc4cccc(C5CCN(O)CC5)c4)nn23)cn1. The van der Waals surface area contributed by atoms with Crippen molar-refractivity contribution in [2.45, 2.75) is 18.8 Å². The largest absolute Gasteiger partial charge is 0.481 e. The first-order valence-electron chi connectivity index (χ1n) is 10.4. The van der Waals surface area contributed by atoms with Gasteiger partial charge in [-0.3, -0.25) is 0 Å². The van der Waals surface area contributed by atoms with Gasteiger partial charge in [0, 0.05) is 36.6 Å². The van der Waals surface area contributed by atoms with Crippen LogP contribution < -0.4 is 10.1 Å². The second-order valence-corrected chi connectivity index (χ2v) is 7.70. The van der Waals surface area contributed by atoms with Gasteiger partial charge in [-0.15, -0.1) is 5.10 Å². The van der Waals surface area contributed by atoms with Crippen molar-refractivity contribution >= 4 is 17.2 Å². The fraction of sp³-hybridized carbons (Fsp3) is 0.261. The molecule has 31 heavy (non-hydrogen) atoms. The topological polar surface area (TPSA) is 87.8 Å². The second kappa shape index (κ2) is 8.33. The van der Waals surface area contributed by atoms with Crippen molar-refractivity contribution in [1.82, 2.24) is 24.6 Å². The Morgan fingerprint density at radius 1 is 1.03 bits per heavy atom. The van der Waals surface area contributed by atoms with Gasteiger partial charge in [-0.25, -0.2) is 14.5 Å². The summed E-state index contributed by atoms with van der Waals surface area (Å²) in [6.07, 6.45) is 5.48. The minimum Gasteiger partial charge on any atom is -0.481 e. The van der Waals surface area contributed by atoms with Crippen LogP contribution in [0.25, 0.3) is 16.8 Å². The van der Waals surface area contributed by atoms with Crippen LogP contribution in [0.4, 0.5) is 11.6 Å². The summed E-state index contributed by atoms with van der Waals surface area (Å²) in [6, 6.07) is 16.1. The summed E-state index contributed by atoms with van der Waals surface area (Å²) in [6.45, 7) is 1.41. The third kappa shape index (κ3) is 4.08. The number of anilines is 2. The Bertz CT molecular complexity index is 1180. The maximum atomic E-state index is 9.61. The Kier molecular flexibility index (Phi) is 5.23. The third-order valence-corrected chi connectivity index (χ3v) is 5.73. The number of pyridine rings is 1. The van der Waals surface area contributed by atoms with E-state index in [1.54, 1.807) is 19.5 Å². The van der Waals surface area contributed by atoms with E-state index < -0.39 is 0 Å². The summed E-state index contributed by atoms with van der Waals surface area (Å²) in [5, 5.41) is 19.0. The fourth-order valence-corrected chi connectivity index (χ4v) is 4.03. The average molecular weight is 416 g/mol. The number of methoxy groups -OCH3 is 1. The van der Waals surface area contributed by atoms with Crippen molar-refractivity contribution in [1.29, 1.82) is 0 Å². The minimum absolute atomic E-state index is 0.451. The van der Waals surface area contributed by atoms with Crippen molar-refractivity contribution in [3.8, 4) is 17.1 Å². The van der Waals surface area contributed by atoms with E-state index in [2.05, 4.69) is 27.4 Å². The quantitative estimate of drug-likeness (QED) is 0.506. The van der Waals surface area contributed by atoms with Gasteiger partial charge in [0.1, 0.15) is 0 Å². The van der Waals surface area contributed by atoms with E-state index in [9.17, 15) is 5.21 Å². The molecule has 0 amide bonds. The van der Waals surface area contributed by atoms with Crippen LogP contribution in [0.3, 0.4) is 0 Å². The van der Waals surface area contributed by atoms with Crippen LogP contribution in [0.2, 0.25) is 0 Å². The molecule has 0 spiro atoms. The monoisotopic (exact) mass is 416 g/mol. The van der Waals surface area contributed by atoms with Gasteiger partial charge in [-0.1, -0.05) is 12.1 Å². The lowest BCUT2D eigenvalue weighted by molar-refractivity contribution is -0.106. The summed E-state index contributed by atoms with van der Waals surface area (Å²) in [7, 11) is 1.60. The molecule has 1 saturated heterocycles. The number of aromatic nitrogens is 4. The average Bonchev–Trinajstić information content (AvgIpc) is 3.23. The Morgan fingerprint density at radius 2 is 1.90 bits per heavy atom. The number of hydrogen-bond acceptors (Lipinski definition) is 7. The summed E-state index contributed by atoms with van der Waals surface area (Å²) in [5.41, 5.74) is 5.00. The lowest BCUT2D eigenvalue weighted by Crippen LogP contribution is -2.29. The zero-order chi connectivity index (χ0) is 21.2. The molecule has 0 saturated carbocycles. The zero-order valence-corrected chi connectivity index (χ0v) is 17.3. The van der Waals surface area contributed by atoms with E-state index in [0.29, 0.717) is 30.8 Å². The standard InChI is InChI=1S/C23H24N6O2/c1-31-22-8-5-18(14-24-22)21-7-6-20-15-25-23(27-29(20)21)26-19-4-2-3-17(13-19)16-9-11-28(30)12-10-16/h2-8,13-16,30H,9-12H2,1H3,(H,26,27). The van der Waals surface area contributed by atoms with Crippen LogP contribution >= 0.6 is 0 Å². The first-order chi connectivity index (χ1) is 15.2. The molecule has 0 aliphatic carbocycles. The Balaban J connectivity index is 1.40. The molecular weight excluding hydrogens is 392 g/mol. The molecule has 8 heteroatoms. The van der Waals surface area contributed by atoms with Crippen molar-refractivity contribution < 1.29 is 9.94 Å². The van der Waals surface area contributed by atoms with Gasteiger partial charge in [0.25, 0.3) is 0 Å². The number of hydroxylamine groups is 2. The van der Waals surface area contributed by atoms with Gasteiger partial charge < -0.3 is 15.3 Å². The highest BCUT2D eigenvalue weighted by Crippen LogP contribution is 2.30. The molecule has 1 aliphatic rings. The van der Waals surface area contributed by atoms with Crippen LogP contribution in [0.1, 0.15) is 24.3 Å². The molecule has 4 aromatic rings. The zero-order valence-electron chi connectivity index (χ0n) is 17.3. The van der Waals surface area contributed by atoms with Gasteiger partial charge in [0.05, 0.1) is 24.5 Å². The number of hydrogen-bond donors (Lipinski definition) is 2. The third-order valence-electron chi connectivity index (χ3n) is 5.73. The predicted molar refractivity (Wildman–Crippen MR) is 118 cm³/mol. The van der Waals surface area contributed by atoms with E-state index in [0.717, 1.165) is 35.3 Å². The molecule has 0 bridgehead atoms. The van der Waals surface area contributed by atoms with E-state index in [1.807, 2.05) is 40.9 Å². The highest BCUT2D eigenvalue weighted by atomic mass is 16.5. The fourth-order valence-electron chi connectivity index (χ4n) is 4.03. The number of piperidine rings is 1. The lowest BCUT2D eigenvalue weighted by atomic mass is 9.90. The molecule has 3 aromatic heterocycles. The number of benzene rings is 1. The highest BCUT2D eigenvalue weighted by Gasteiger charge is 2.19. The Morgan fingerprint density at radius 3 is 2.68 bits per heavy atom. The van der Waals surface area contributed by atoms with Crippen LogP contribution in [0.15, 0.2) is 60.9 Å². The van der Waals surface area contributed by atoms with Crippen LogP contribution in [-0.4, -0.2) is 50.1 Å². The highest BCUT2D eigenvalue weighted by molar-refractivity contribution is 5.66. The Labute approximate surface area is 180 Å². The molecule has 5 rings (SSSR count). The smallest absolute Gasteiger partial charge is 0.245 e. The molecule has 8 nitrogen and oxygen atoms in total. The first-order valence-corrected chi connectivity index (χ1v) is 10.4. The van der Waals surface area contributed by atoms with Gasteiger partial charge >= 0.3 is 0 Å². The number of rotatable bonds is 5. The van der Waals surface area contributed by atoms with E-state index in [1.165, 1.54) is 10.6 Å². The molecule has 0 radical (unpaired) electrons. The lowest BCUT2D eigenvalue weighted by Gasteiger charge is -2.27. The molecule has 1 aliphatic heterocycles. The maximum absolute atomic E-state index is 9.61. The molecule has 1 fully saturated rings. The van der Waals surface area contributed by atoms with Crippen LogP contribution in [0.5, 0.6) is 5.88 Å². The summed E-state index contributed by atoms with van der Waals surface area (Å²) in [4.78, 5) is 8.77. The minimum atomic E-state index is 0.451. The summed E-state index contributed by atoms with van der Waals surface area (Å²) in [5.74, 6) is 1.55. The van der Waals surface area contributed by atoms with E-state index in [-0.39, 0.29) is 0 Å². The second-order valence-electron chi connectivity index (χ2n) is 7.70. The van der Waals surface area contributed by atoms with Crippen molar-refractivity contribution in [2.24, 2.45) is 0 Å². The summed E-state index contributed by atoms with van der Waals surface area (Å²) < 4.78 is 7.01. The molecule has 0 unspecified atom stereocenters. The van der Waals surface area contributed by atoms with E-state index in [4.69, 9.17) is 9.84 Å². The van der Waals surface area contributed by atoms with Gasteiger partial charge in [0.15, 0.2) is 0 Å². The number of nitrogens with one attached hydrogen (secondary N) is 1. The molecule has 158 valence electrons. The number of fused-ring (bicyclic) bond motifs is 1. The number of ether oxygens (including phenoxy) is 1. The van der Waals surface area contributed by atoms with Crippen LogP contribution in [-0.2, 0) is 0 Å². The first kappa shape index (κ1) is 19.5. The van der Waals surface area contributed by atoms with E-state index >= 15 is 0 Å². The Hall–Kier alpha value is -3.49. The van der Waals surface area contributed by atoms with Gasteiger partial charge in [-0.05, 0) is 54.7 Å². The van der Waals surface area contributed by atoms with Gasteiger partial charge in [-0.2, -0.15) is 5.06 Å². The van der Waals surface area contributed by atoms with Gasteiger partial charge in [0.2, 0.25) is 11.8 Å². The summed E-state index contributed by atoms with van der Waals surface area (Å²) >= 11 is 0.